The van der Waals surface area contributed by atoms with E-state index in [0.29, 0.717) is 18.2 Å². The number of ether oxygens (including phenoxy) is 1. The quantitative estimate of drug-likeness (QED) is 0.400. The van der Waals surface area contributed by atoms with Crippen molar-refractivity contribution in [2.24, 2.45) is 0 Å². The van der Waals surface area contributed by atoms with Gasteiger partial charge in [-0.3, -0.25) is 9.69 Å². The molecule has 1 unspecified atom stereocenters. The molecular formula is C31H39N3O4S. The number of nitrogens with one attached hydrogen (secondary N) is 1. The number of amides is 1. The van der Waals surface area contributed by atoms with Gasteiger partial charge in [0.05, 0.1) is 11.4 Å². The number of carbonyl (C=O) groups excluding carboxylic acids is 1. The van der Waals surface area contributed by atoms with Crippen LogP contribution in [0, 0.1) is 0 Å². The van der Waals surface area contributed by atoms with Crippen molar-refractivity contribution < 1.29 is 17.9 Å². The topological polar surface area (TPSA) is 79.0 Å². The van der Waals surface area contributed by atoms with E-state index in [4.69, 9.17) is 4.74 Å². The summed E-state index contributed by atoms with van der Waals surface area (Å²) in [6.45, 7) is 13.2. The fourth-order valence-electron chi connectivity index (χ4n) is 4.62. The summed E-state index contributed by atoms with van der Waals surface area (Å²) >= 11 is 0. The van der Waals surface area contributed by atoms with Crippen molar-refractivity contribution in [2.75, 3.05) is 37.7 Å². The van der Waals surface area contributed by atoms with Crippen LogP contribution in [0.1, 0.15) is 56.6 Å². The Morgan fingerprint density at radius 3 is 2.15 bits per heavy atom. The van der Waals surface area contributed by atoms with Crippen molar-refractivity contribution in [3.05, 3.63) is 83.9 Å². The van der Waals surface area contributed by atoms with Gasteiger partial charge in [0.2, 0.25) is 10.0 Å². The van der Waals surface area contributed by atoms with Crippen LogP contribution in [0.25, 0.3) is 11.1 Å². The summed E-state index contributed by atoms with van der Waals surface area (Å²) < 4.78 is 31.4. The third kappa shape index (κ3) is 6.81. The highest BCUT2D eigenvalue weighted by Gasteiger charge is 2.31. The molecule has 1 aliphatic heterocycles. The molecule has 1 heterocycles. The molecule has 0 bridgehead atoms. The lowest BCUT2D eigenvalue weighted by Gasteiger charge is -2.39. The Labute approximate surface area is 232 Å². The molecule has 0 spiro atoms. The van der Waals surface area contributed by atoms with Gasteiger partial charge in [0, 0.05) is 43.5 Å². The zero-order chi connectivity index (χ0) is 28.2. The highest BCUT2D eigenvalue weighted by molar-refractivity contribution is 7.91. The van der Waals surface area contributed by atoms with E-state index in [1.54, 1.807) is 32.9 Å². The van der Waals surface area contributed by atoms with Gasteiger partial charge in [0.25, 0.3) is 5.91 Å². The van der Waals surface area contributed by atoms with E-state index < -0.39 is 20.7 Å². The lowest BCUT2D eigenvalue weighted by atomic mass is 10.00. The van der Waals surface area contributed by atoms with Gasteiger partial charge in [-0.2, -0.15) is 0 Å². The summed E-state index contributed by atoms with van der Waals surface area (Å²) in [5.74, 6) is 0.278. The molecule has 3 aromatic rings. The van der Waals surface area contributed by atoms with Crippen molar-refractivity contribution in [1.82, 2.24) is 9.62 Å². The number of piperazine rings is 1. The number of benzene rings is 3. The van der Waals surface area contributed by atoms with Crippen LogP contribution in [0.2, 0.25) is 0 Å². The van der Waals surface area contributed by atoms with Gasteiger partial charge >= 0.3 is 0 Å². The van der Waals surface area contributed by atoms with Crippen LogP contribution in [0.5, 0.6) is 5.75 Å². The minimum absolute atomic E-state index is 0.298. The second kappa shape index (κ2) is 11.8. The molecule has 1 amide bonds. The molecular weight excluding hydrogens is 510 g/mol. The third-order valence-electron chi connectivity index (χ3n) is 7.26. The Bertz CT molecular complexity index is 1370. The van der Waals surface area contributed by atoms with Crippen LogP contribution >= 0.6 is 0 Å². The summed E-state index contributed by atoms with van der Waals surface area (Å²) in [4.78, 5) is 17.3. The smallest absolute Gasteiger partial charge is 0.264 e. The number of anilines is 1. The molecule has 208 valence electrons. The Morgan fingerprint density at radius 2 is 1.56 bits per heavy atom. The van der Waals surface area contributed by atoms with E-state index in [1.165, 1.54) is 11.1 Å². The molecule has 7 nitrogen and oxygen atoms in total. The molecule has 0 radical (unpaired) electrons. The Kier molecular flexibility index (Phi) is 8.67. The lowest BCUT2D eigenvalue weighted by molar-refractivity contribution is 0.0980. The zero-order valence-corrected chi connectivity index (χ0v) is 24.3. The van der Waals surface area contributed by atoms with Crippen LogP contribution in [-0.4, -0.2) is 56.8 Å². The average molecular weight is 550 g/mol. The maximum Gasteiger partial charge on any atom is 0.264 e. The highest BCUT2D eigenvalue weighted by Crippen LogP contribution is 2.28. The molecule has 1 aliphatic rings. The van der Waals surface area contributed by atoms with Crippen LogP contribution in [-0.2, 0) is 10.0 Å². The monoisotopic (exact) mass is 549 g/mol. The molecule has 0 saturated carbocycles. The standard InChI is InChI=1S/C31H39N3O4S/c1-6-38-29-9-7-8-27(22-29)25-12-10-24(11-13-25)23(2)33-18-20-34(21-19-33)28-16-14-26(15-17-28)30(35)32-39(36,37)31(3,4)5/h7-17,22-23H,6,18-21H2,1-5H3,(H,32,35). The maximum absolute atomic E-state index is 12.5. The molecule has 0 aliphatic carbocycles. The molecule has 1 fully saturated rings. The maximum atomic E-state index is 12.5. The summed E-state index contributed by atoms with van der Waals surface area (Å²) in [7, 11) is -3.75. The first-order valence-electron chi connectivity index (χ1n) is 13.5. The van der Waals surface area contributed by atoms with Gasteiger partial charge in [-0.05, 0) is 87.7 Å². The number of rotatable bonds is 8. The van der Waals surface area contributed by atoms with E-state index in [2.05, 4.69) is 57.8 Å². The Morgan fingerprint density at radius 1 is 0.923 bits per heavy atom. The highest BCUT2D eigenvalue weighted by atomic mass is 32.2. The molecule has 1 N–H and O–H groups in total. The largest absolute Gasteiger partial charge is 0.494 e. The number of sulfonamides is 1. The second-order valence-electron chi connectivity index (χ2n) is 10.9. The van der Waals surface area contributed by atoms with Gasteiger partial charge < -0.3 is 9.64 Å². The number of nitrogens with zero attached hydrogens (tertiary/aromatic N) is 2. The van der Waals surface area contributed by atoms with Gasteiger partial charge in [0.15, 0.2) is 0 Å². The molecule has 3 aromatic carbocycles. The lowest BCUT2D eigenvalue weighted by Crippen LogP contribution is -2.47. The van der Waals surface area contributed by atoms with Gasteiger partial charge in [-0.15, -0.1) is 0 Å². The van der Waals surface area contributed by atoms with E-state index >= 15 is 0 Å². The van der Waals surface area contributed by atoms with E-state index in [-0.39, 0.29) is 0 Å². The van der Waals surface area contributed by atoms with Crippen molar-refractivity contribution in [2.45, 2.75) is 45.4 Å². The summed E-state index contributed by atoms with van der Waals surface area (Å²) in [6.07, 6.45) is 0. The number of carbonyl (C=O) groups is 1. The molecule has 0 aromatic heterocycles. The van der Waals surface area contributed by atoms with Crippen LogP contribution in [0.15, 0.2) is 72.8 Å². The minimum atomic E-state index is -3.75. The Hall–Kier alpha value is -3.36. The van der Waals surface area contributed by atoms with Crippen LogP contribution in [0.3, 0.4) is 0 Å². The zero-order valence-electron chi connectivity index (χ0n) is 23.5. The van der Waals surface area contributed by atoms with Gasteiger partial charge in [-0.1, -0.05) is 36.4 Å². The second-order valence-corrected chi connectivity index (χ2v) is 13.3. The van der Waals surface area contributed by atoms with E-state index in [0.717, 1.165) is 43.2 Å². The van der Waals surface area contributed by atoms with Crippen molar-refractivity contribution in [1.29, 1.82) is 0 Å². The fraction of sp³-hybridized carbons (Fsp3) is 0.387. The van der Waals surface area contributed by atoms with Crippen LogP contribution < -0.4 is 14.4 Å². The summed E-state index contributed by atoms with van der Waals surface area (Å²) in [5.41, 5.74) is 4.95. The molecule has 8 heteroatoms. The fourth-order valence-corrected chi connectivity index (χ4v) is 5.29. The normalized spacial score (nSPS) is 15.6. The first-order valence-corrected chi connectivity index (χ1v) is 15.0. The number of hydrogen-bond donors (Lipinski definition) is 1. The summed E-state index contributed by atoms with van der Waals surface area (Å²) in [6, 6.07) is 24.4. The average Bonchev–Trinajstić information content (AvgIpc) is 2.92. The van der Waals surface area contributed by atoms with Gasteiger partial charge in [0.1, 0.15) is 5.75 Å². The molecule has 4 rings (SSSR count). The first-order chi connectivity index (χ1) is 18.5. The van der Waals surface area contributed by atoms with E-state index in [1.807, 2.05) is 31.2 Å². The van der Waals surface area contributed by atoms with Crippen LogP contribution in [0.4, 0.5) is 5.69 Å². The van der Waals surface area contributed by atoms with E-state index in [9.17, 15) is 13.2 Å². The van der Waals surface area contributed by atoms with Crippen molar-refractivity contribution in [3.8, 4) is 16.9 Å². The SMILES string of the molecule is CCOc1cccc(-c2ccc(C(C)N3CCN(c4ccc(C(=O)NS(=O)(=O)C(C)(C)C)cc4)CC3)cc2)c1. The first kappa shape index (κ1) is 28.6. The number of hydrogen-bond acceptors (Lipinski definition) is 6. The Balaban J connectivity index is 1.33. The summed E-state index contributed by atoms with van der Waals surface area (Å²) in [5, 5.41) is 0. The van der Waals surface area contributed by atoms with Gasteiger partial charge in [-0.25, -0.2) is 13.1 Å². The molecule has 1 saturated heterocycles. The third-order valence-corrected chi connectivity index (χ3v) is 9.33. The molecule has 1 atom stereocenters. The predicted octanol–water partition coefficient (Wildman–Crippen LogP) is 5.49. The minimum Gasteiger partial charge on any atom is -0.494 e. The van der Waals surface area contributed by atoms with Crippen molar-refractivity contribution >= 4 is 21.6 Å². The molecule has 39 heavy (non-hydrogen) atoms. The predicted molar refractivity (Wildman–Crippen MR) is 158 cm³/mol. The van der Waals surface area contributed by atoms with Crippen molar-refractivity contribution in [3.63, 3.8) is 0 Å².